The van der Waals surface area contributed by atoms with Gasteiger partial charge in [-0.25, -0.2) is 5.84 Å². The fourth-order valence-corrected chi connectivity index (χ4v) is 2.54. The second kappa shape index (κ2) is 6.51. The molecular weight excluding hydrogens is 266 g/mol. The van der Waals surface area contributed by atoms with Crippen LogP contribution in [0.4, 0.5) is 0 Å². The zero-order chi connectivity index (χ0) is 15.5. The number of nitrogen functional groups attached to an aromatic ring is 1. The molecule has 1 aliphatic rings. The van der Waals surface area contributed by atoms with Gasteiger partial charge in [-0.15, -0.1) is 0 Å². The monoisotopic (exact) mass is 291 g/mol. The van der Waals surface area contributed by atoms with Gasteiger partial charge in [0.05, 0.1) is 11.3 Å². The highest BCUT2D eigenvalue weighted by Crippen LogP contribution is 2.16. The molecule has 0 radical (unpaired) electrons. The molecule has 0 spiro atoms. The fraction of sp³-hybridized carbons (Fsp3) is 0.600. The van der Waals surface area contributed by atoms with E-state index in [2.05, 4.69) is 41.0 Å². The van der Waals surface area contributed by atoms with E-state index in [0.717, 1.165) is 38.4 Å². The zero-order valence-electron chi connectivity index (χ0n) is 13.1. The van der Waals surface area contributed by atoms with Crippen molar-refractivity contribution in [2.75, 3.05) is 26.2 Å². The molecule has 21 heavy (non-hydrogen) atoms. The normalized spacial score (nSPS) is 17.7. The Morgan fingerprint density at radius 1 is 1.29 bits per heavy atom. The summed E-state index contributed by atoms with van der Waals surface area (Å²) in [6.45, 7) is 11.8. The van der Waals surface area contributed by atoms with E-state index in [-0.39, 0.29) is 11.4 Å². The average Bonchev–Trinajstić information content (AvgIpc) is 2.47. The van der Waals surface area contributed by atoms with Crippen molar-refractivity contribution < 1.29 is 4.79 Å². The van der Waals surface area contributed by atoms with Crippen LogP contribution in [0.3, 0.4) is 0 Å². The molecule has 1 amide bonds. The molecule has 2 heterocycles. The first-order chi connectivity index (χ1) is 9.90. The molecule has 1 aromatic heterocycles. The number of rotatable bonds is 3. The van der Waals surface area contributed by atoms with E-state index in [4.69, 9.17) is 5.84 Å². The molecule has 3 N–H and O–H groups in total. The van der Waals surface area contributed by atoms with Gasteiger partial charge in [0.15, 0.2) is 0 Å². The zero-order valence-corrected chi connectivity index (χ0v) is 13.1. The first-order valence-corrected chi connectivity index (χ1v) is 7.33. The number of carbonyl (C=O) groups excluding carboxylic acids is 1. The highest BCUT2D eigenvalue weighted by molar-refractivity contribution is 5.93. The van der Waals surface area contributed by atoms with Gasteiger partial charge in [0.1, 0.15) is 0 Å². The Kier molecular flexibility index (Phi) is 4.92. The van der Waals surface area contributed by atoms with Crippen molar-refractivity contribution in [3.63, 3.8) is 0 Å². The minimum atomic E-state index is -0.312. The Morgan fingerprint density at radius 2 is 1.95 bits per heavy atom. The molecule has 6 heteroatoms. The summed E-state index contributed by atoms with van der Waals surface area (Å²) < 4.78 is 0. The van der Waals surface area contributed by atoms with Gasteiger partial charge in [-0.3, -0.25) is 25.0 Å². The number of amides is 1. The number of nitrogens with two attached hydrogens (primary N) is 1. The van der Waals surface area contributed by atoms with Crippen molar-refractivity contribution in [1.82, 2.24) is 20.2 Å². The molecule has 0 aliphatic carbocycles. The molecule has 1 aliphatic heterocycles. The Labute approximate surface area is 126 Å². The Morgan fingerprint density at radius 3 is 2.43 bits per heavy atom. The lowest BCUT2D eigenvalue weighted by molar-refractivity contribution is 0.0586. The van der Waals surface area contributed by atoms with Crippen LogP contribution in [0.2, 0.25) is 0 Å². The number of piperazine rings is 1. The predicted molar refractivity (Wildman–Crippen MR) is 82.5 cm³/mol. The Hall–Kier alpha value is -1.50. The van der Waals surface area contributed by atoms with E-state index in [0.29, 0.717) is 5.56 Å². The van der Waals surface area contributed by atoms with Crippen molar-refractivity contribution in [3.8, 4) is 0 Å². The van der Waals surface area contributed by atoms with E-state index in [9.17, 15) is 4.79 Å². The number of aromatic nitrogens is 1. The highest BCUT2D eigenvalue weighted by Gasteiger charge is 2.25. The van der Waals surface area contributed by atoms with Gasteiger partial charge in [0.2, 0.25) is 0 Å². The summed E-state index contributed by atoms with van der Waals surface area (Å²) in [5.41, 5.74) is 3.81. The third kappa shape index (κ3) is 4.23. The summed E-state index contributed by atoms with van der Waals surface area (Å²) in [6.07, 6.45) is 1.57. The molecule has 0 aromatic carbocycles. The van der Waals surface area contributed by atoms with Crippen molar-refractivity contribution >= 4 is 5.91 Å². The molecule has 1 aromatic rings. The van der Waals surface area contributed by atoms with E-state index in [1.165, 1.54) is 0 Å². The van der Waals surface area contributed by atoms with Crippen LogP contribution in [0.5, 0.6) is 0 Å². The van der Waals surface area contributed by atoms with Crippen molar-refractivity contribution in [3.05, 3.63) is 29.6 Å². The maximum absolute atomic E-state index is 11.4. The van der Waals surface area contributed by atoms with Crippen LogP contribution >= 0.6 is 0 Å². The molecule has 0 bridgehead atoms. The van der Waals surface area contributed by atoms with Crippen molar-refractivity contribution in [2.45, 2.75) is 32.9 Å². The van der Waals surface area contributed by atoms with Gasteiger partial charge in [-0.1, -0.05) is 0 Å². The first kappa shape index (κ1) is 15.9. The number of carbonyl (C=O) groups is 1. The minimum Gasteiger partial charge on any atom is -0.296 e. The van der Waals surface area contributed by atoms with Crippen LogP contribution in [0.15, 0.2) is 18.3 Å². The Balaban J connectivity index is 1.88. The molecule has 0 saturated carbocycles. The number of nitrogens with zero attached hydrogens (tertiary/aromatic N) is 3. The molecule has 2 rings (SSSR count). The predicted octanol–water partition coefficient (Wildman–Crippen LogP) is 0.601. The SMILES string of the molecule is CC(C)(C)N1CCN(Cc2ccc(C(=O)NN)cn2)CC1. The maximum Gasteiger partial charge on any atom is 0.266 e. The number of hydrogen-bond donors (Lipinski definition) is 2. The summed E-state index contributed by atoms with van der Waals surface area (Å²) in [6, 6.07) is 3.65. The summed E-state index contributed by atoms with van der Waals surface area (Å²) >= 11 is 0. The van der Waals surface area contributed by atoms with E-state index < -0.39 is 0 Å². The van der Waals surface area contributed by atoms with Gasteiger partial charge in [-0.05, 0) is 32.9 Å². The van der Waals surface area contributed by atoms with Gasteiger partial charge < -0.3 is 0 Å². The lowest BCUT2D eigenvalue weighted by Gasteiger charge is -2.42. The number of pyridine rings is 1. The van der Waals surface area contributed by atoms with Crippen LogP contribution in [0.1, 0.15) is 36.8 Å². The standard InChI is InChI=1S/C15H25N5O/c1-15(2,3)20-8-6-19(7-9-20)11-13-5-4-12(10-17-13)14(21)18-16/h4-5,10H,6-9,11,16H2,1-3H3,(H,18,21). The highest BCUT2D eigenvalue weighted by atomic mass is 16.2. The molecule has 6 nitrogen and oxygen atoms in total. The van der Waals surface area contributed by atoms with Crippen LogP contribution in [0, 0.1) is 0 Å². The topological polar surface area (TPSA) is 74.5 Å². The quantitative estimate of drug-likeness (QED) is 0.485. The van der Waals surface area contributed by atoms with Crippen molar-refractivity contribution in [2.24, 2.45) is 5.84 Å². The maximum atomic E-state index is 11.4. The second-order valence-electron chi connectivity index (χ2n) is 6.45. The molecular formula is C15H25N5O. The molecule has 116 valence electrons. The van der Waals surface area contributed by atoms with Crippen LogP contribution < -0.4 is 11.3 Å². The summed E-state index contributed by atoms with van der Waals surface area (Å²) in [4.78, 5) is 20.6. The van der Waals surface area contributed by atoms with E-state index in [1.807, 2.05) is 6.07 Å². The first-order valence-electron chi connectivity index (χ1n) is 7.33. The van der Waals surface area contributed by atoms with Gasteiger partial charge >= 0.3 is 0 Å². The number of nitrogens with one attached hydrogen (secondary N) is 1. The summed E-state index contributed by atoms with van der Waals surface area (Å²) in [7, 11) is 0. The molecule has 1 saturated heterocycles. The number of hydrogen-bond acceptors (Lipinski definition) is 5. The van der Waals surface area contributed by atoms with Gasteiger partial charge in [0.25, 0.3) is 5.91 Å². The minimum absolute atomic E-state index is 0.238. The molecule has 0 unspecified atom stereocenters. The van der Waals surface area contributed by atoms with Gasteiger partial charge in [-0.2, -0.15) is 0 Å². The van der Waals surface area contributed by atoms with Gasteiger partial charge in [0, 0.05) is 44.5 Å². The van der Waals surface area contributed by atoms with Crippen LogP contribution in [-0.4, -0.2) is 52.4 Å². The lowest BCUT2D eigenvalue weighted by atomic mass is 10.0. The number of hydrazine groups is 1. The van der Waals surface area contributed by atoms with Crippen molar-refractivity contribution in [1.29, 1.82) is 0 Å². The molecule has 0 atom stereocenters. The van der Waals surface area contributed by atoms with E-state index >= 15 is 0 Å². The van der Waals surface area contributed by atoms with Crippen LogP contribution in [-0.2, 0) is 6.54 Å². The Bertz CT molecular complexity index is 472. The third-order valence-electron chi connectivity index (χ3n) is 3.92. The largest absolute Gasteiger partial charge is 0.296 e. The fourth-order valence-electron chi connectivity index (χ4n) is 2.54. The van der Waals surface area contributed by atoms with Crippen LogP contribution in [0.25, 0.3) is 0 Å². The average molecular weight is 291 g/mol. The second-order valence-corrected chi connectivity index (χ2v) is 6.45. The smallest absolute Gasteiger partial charge is 0.266 e. The van der Waals surface area contributed by atoms with E-state index in [1.54, 1.807) is 12.3 Å². The summed E-state index contributed by atoms with van der Waals surface area (Å²) in [5.74, 6) is 4.79. The lowest BCUT2D eigenvalue weighted by Crippen LogP contribution is -2.53. The summed E-state index contributed by atoms with van der Waals surface area (Å²) in [5, 5.41) is 0. The third-order valence-corrected chi connectivity index (χ3v) is 3.92. The molecule has 1 fully saturated rings.